The third-order valence-electron chi connectivity index (χ3n) is 3.13. The van der Waals surface area contributed by atoms with Crippen LogP contribution in [0, 0.1) is 6.92 Å². The van der Waals surface area contributed by atoms with Crippen LogP contribution >= 0.6 is 0 Å². The van der Waals surface area contributed by atoms with Crippen LogP contribution in [0.25, 0.3) is 0 Å². The minimum atomic E-state index is -3.76. The van der Waals surface area contributed by atoms with Gasteiger partial charge in [0.05, 0.1) is 17.6 Å². The van der Waals surface area contributed by atoms with Crippen molar-refractivity contribution in [2.75, 3.05) is 6.61 Å². The van der Waals surface area contributed by atoms with Gasteiger partial charge in [0.1, 0.15) is 6.10 Å². The SMILES string of the molecule is Cc1ccc(S(=O)(=O)OCC2OC(C)(C)OC2C)cc1. The van der Waals surface area contributed by atoms with Crippen LogP contribution in [-0.2, 0) is 23.8 Å². The van der Waals surface area contributed by atoms with Gasteiger partial charge in [-0.05, 0) is 39.8 Å². The molecule has 1 fully saturated rings. The van der Waals surface area contributed by atoms with Gasteiger partial charge in [-0.1, -0.05) is 17.7 Å². The minimum Gasteiger partial charge on any atom is -0.345 e. The monoisotopic (exact) mass is 300 g/mol. The summed E-state index contributed by atoms with van der Waals surface area (Å²) in [6, 6.07) is 6.53. The largest absolute Gasteiger partial charge is 0.345 e. The van der Waals surface area contributed by atoms with Crippen molar-refractivity contribution in [3.05, 3.63) is 29.8 Å². The Hall–Kier alpha value is -0.950. The summed E-state index contributed by atoms with van der Waals surface area (Å²) in [4.78, 5) is 0.147. The molecule has 0 spiro atoms. The summed E-state index contributed by atoms with van der Waals surface area (Å²) in [5.41, 5.74) is 0.992. The lowest BCUT2D eigenvalue weighted by molar-refractivity contribution is -0.147. The number of hydrogen-bond donors (Lipinski definition) is 0. The third-order valence-corrected chi connectivity index (χ3v) is 4.42. The number of hydrogen-bond acceptors (Lipinski definition) is 5. The predicted octanol–water partition coefficient (Wildman–Crippen LogP) is 2.24. The lowest BCUT2D eigenvalue weighted by Crippen LogP contribution is -2.27. The number of ether oxygens (including phenoxy) is 2. The third kappa shape index (κ3) is 3.58. The van der Waals surface area contributed by atoms with Gasteiger partial charge in [0, 0.05) is 0 Å². The summed E-state index contributed by atoms with van der Waals surface area (Å²) in [6.07, 6.45) is -0.608. The zero-order chi connectivity index (χ0) is 15.0. The first-order valence-corrected chi connectivity index (χ1v) is 7.92. The van der Waals surface area contributed by atoms with Crippen molar-refractivity contribution in [3.8, 4) is 0 Å². The van der Waals surface area contributed by atoms with Crippen molar-refractivity contribution in [2.24, 2.45) is 0 Å². The maximum Gasteiger partial charge on any atom is 0.297 e. The standard InChI is InChI=1S/C14H20O5S/c1-10-5-7-12(8-6-10)20(15,16)17-9-13-11(2)18-14(3,4)19-13/h5-8,11,13H,9H2,1-4H3. The van der Waals surface area contributed by atoms with Gasteiger partial charge in [0.2, 0.25) is 0 Å². The topological polar surface area (TPSA) is 61.8 Å². The highest BCUT2D eigenvalue weighted by atomic mass is 32.2. The molecular weight excluding hydrogens is 280 g/mol. The molecular formula is C14H20O5S. The molecule has 2 atom stereocenters. The molecule has 1 saturated heterocycles. The Morgan fingerprint density at radius 1 is 1.20 bits per heavy atom. The van der Waals surface area contributed by atoms with Crippen LogP contribution in [0.1, 0.15) is 26.3 Å². The average molecular weight is 300 g/mol. The highest BCUT2D eigenvalue weighted by Gasteiger charge is 2.39. The maximum absolute atomic E-state index is 12.0. The van der Waals surface area contributed by atoms with Gasteiger partial charge in [-0.25, -0.2) is 0 Å². The number of aryl methyl sites for hydroxylation is 1. The Kier molecular flexibility index (Phi) is 4.20. The Morgan fingerprint density at radius 2 is 1.80 bits per heavy atom. The summed E-state index contributed by atoms with van der Waals surface area (Å²) in [5.74, 6) is -0.707. The van der Waals surface area contributed by atoms with Gasteiger partial charge < -0.3 is 9.47 Å². The molecule has 1 aliphatic heterocycles. The second kappa shape index (κ2) is 5.44. The summed E-state index contributed by atoms with van der Waals surface area (Å²) < 4.78 is 40.3. The Bertz CT molecular complexity index is 562. The molecule has 5 nitrogen and oxygen atoms in total. The van der Waals surface area contributed by atoms with Gasteiger partial charge in [-0.3, -0.25) is 4.18 Å². The van der Waals surface area contributed by atoms with Crippen LogP contribution in [-0.4, -0.2) is 33.0 Å². The van der Waals surface area contributed by atoms with E-state index in [2.05, 4.69) is 0 Å². The summed E-state index contributed by atoms with van der Waals surface area (Å²) >= 11 is 0. The molecule has 1 aromatic rings. The first-order valence-electron chi connectivity index (χ1n) is 6.51. The maximum atomic E-state index is 12.0. The second-order valence-corrected chi connectivity index (χ2v) is 7.05. The number of rotatable bonds is 4. The molecule has 0 amide bonds. The molecule has 1 heterocycles. The van der Waals surface area contributed by atoms with Gasteiger partial charge in [-0.15, -0.1) is 0 Å². The van der Waals surface area contributed by atoms with Crippen molar-refractivity contribution in [1.82, 2.24) is 0 Å². The quantitative estimate of drug-likeness (QED) is 0.798. The molecule has 2 unspecified atom stereocenters. The first-order chi connectivity index (χ1) is 9.20. The van der Waals surface area contributed by atoms with E-state index in [1.807, 2.05) is 13.8 Å². The van der Waals surface area contributed by atoms with E-state index in [-0.39, 0.29) is 17.6 Å². The fourth-order valence-electron chi connectivity index (χ4n) is 2.11. The van der Waals surface area contributed by atoms with E-state index in [1.54, 1.807) is 26.0 Å². The molecule has 0 saturated carbocycles. The van der Waals surface area contributed by atoms with E-state index in [1.165, 1.54) is 12.1 Å². The van der Waals surface area contributed by atoms with Crippen LogP contribution < -0.4 is 0 Å². The lowest BCUT2D eigenvalue weighted by atomic mass is 10.2. The highest BCUT2D eigenvalue weighted by molar-refractivity contribution is 7.86. The summed E-state index contributed by atoms with van der Waals surface area (Å²) in [6.45, 7) is 7.25. The predicted molar refractivity (Wildman–Crippen MR) is 73.8 cm³/mol. The van der Waals surface area contributed by atoms with Crippen LogP contribution in [0.15, 0.2) is 29.2 Å². The van der Waals surface area contributed by atoms with Crippen LogP contribution in [0.5, 0.6) is 0 Å². The van der Waals surface area contributed by atoms with E-state index in [0.717, 1.165) is 5.56 Å². The molecule has 6 heteroatoms. The van der Waals surface area contributed by atoms with Crippen LogP contribution in [0.3, 0.4) is 0 Å². The van der Waals surface area contributed by atoms with E-state index < -0.39 is 22.0 Å². The molecule has 0 radical (unpaired) electrons. The van der Waals surface area contributed by atoms with Crippen molar-refractivity contribution in [3.63, 3.8) is 0 Å². The van der Waals surface area contributed by atoms with Crippen molar-refractivity contribution < 1.29 is 22.1 Å². The molecule has 2 rings (SSSR count). The molecule has 0 bridgehead atoms. The minimum absolute atomic E-state index is 0.0548. The smallest absolute Gasteiger partial charge is 0.297 e. The van der Waals surface area contributed by atoms with E-state index >= 15 is 0 Å². The van der Waals surface area contributed by atoms with Crippen LogP contribution in [0.2, 0.25) is 0 Å². The highest BCUT2D eigenvalue weighted by Crippen LogP contribution is 2.28. The van der Waals surface area contributed by atoms with Gasteiger partial charge in [-0.2, -0.15) is 8.42 Å². The zero-order valence-electron chi connectivity index (χ0n) is 12.1. The van der Waals surface area contributed by atoms with Crippen molar-refractivity contribution in [2.45, 2.75) is 50.6 Å². The summed E-state index contributed by atoms with van der Waals surface area (Å²) in [7, 11) is -3.76. The fraction of sp³-hybridized carbons (Fsp3) is 0.571. The first kappa shape index (κ1) is 15.4. The Morgan fingerprint density at radius 3 is 2.30 bits per heavy atom. The van der Waals surface area contributed by atoms with Crippen molar-refractivity contribution in [1.29, 1.82) is 0 Å². The molecule has 20 heavy (non-hydrogen) atoms. The van der Waals surface area contributed by atoms with E-state index in [9.17, 15) is 8.42 Å². The van der Waals surface area contributed by atoms with Crippen molar-refractivity contribution >= 4 is 10.1 Å². The molecule has 0 aromatic heterocycles. The Balaban J connectivity index is 2.01. The average Bonchev–Trinajstić information content (AvgIpc) is 2.60. The summed E-state index contributed by atoms with van der Waals surface area (Å²) in [5, 5.41) is 0. The van der Waals surface area contributed by atoms with E-state index in [4.69, 9.17) is 13.7 Å². The van der Waals surface area contributed by atoms with Crippen LogP contribution in [0.4, 0.5) is 0 Å². The molecule has 112 valence electrons. The lowest BCUT2D eigenvalue weighted by Gasteiger charge is -2.16. The Labute approximate surface area is 120 Å². The zero-order valence-corrected chi connectivity index (χ0v) is 12.9. The van der Waals surface area contributed by atoms with Gasteiger partial charge >= 0.3 is 0 Å². The molecule has 0 N–H and O–H groups in total. The van der Waals surface area contributed by atoms with Gasteiger partial charge in [0.25, 0.3) is 10.1 Å². The molecule has 0 aliphatic carbocycles. The van der Waals surface area contributed by atoms with Gasteiger partial charge in [0.15, 0.2) is 5.79 Å². The second-order valence-electron chi connectivity index (χ2n) is 5.43. The fourth-order valence-corrected chi connectivity index (χ4v) is 3.03. The van der Waals surface area contributed by atoms with E-state index in [0.29, 0.717) is 0 Å². The normalized spacial score (nSPS) is 25.8. The molecule has 1 aliphatic rings. The molecule has 1 aromatic carbocycles. The number of benzene rings is 1.